The number of ether oxygens (including phenoxy) is 1. The number of benzene rings is 2. The molecule has 0 amide bonds. The maximum atomic E-state index is 5.89. The Kier molecular flexibility index (Phi) is 7.07. The Hall–Kier alpha value is -1.03. The highest BCUT2D eigenvalue weighted by atomic mass is 79.9. The second-order valence-corrected chi connectivity index (χ2v) is 6.05. The van der Waals surface area contributed by atoms with E-state index in [1.807, 2.05) is 30.3 Å². The molecule has 21 heavy (non-hydrogen) atoms. The molecule has 2 rings (SSSR count). The fourth-order valence-corrected chi connectivity index (χ4v) is 2.70. The average Bonchev–Trinajstić information content (AvgIpc) is 2.48. The Morgan fingerprint density at radius 1 is 1.00 bits per heavy atom. The van der Waals surface area contributed by atoms with E-state index < -0.39 is 0 Å². The van der Waals surface area contributed by atoms with Crippen LogP contribution in [0.4, 0.5) is 0 Å². The fraction of sp³-hybridized carbons (Fsp3) is 0.294. The van der Waals surface area contributed by atoms with Crippen LogP contribution in [-0.4, -0.2) is 30.5 Å². The standard InChI is InChI=1S/C17H19BrClNO/c18-16-7-4-8-17(13-16)21-12-11-20(10-9-19)14-15-5-2-1-3-6-15/h1-8,13H,9-12,14H2. The van der Waals surface area contributed by atoms with Crippen LogP contribution >= 0.6 is 27.5 Å². The number of nitrogens with zero attached hydrogens (tertiary/aromatic N) is 1. The molecule has 0 N–H and O–H groups in total. The molecule has 2 aromatic carbocycles. The highest BCUT2D eigenvalue weighted by Crippen LogP contribution is 2.17. The van der Waals surface area contributed by atoms with E-state index in [9.17, 15) is 0 Å². The molecule has 2 nitrogen and oxygen atoms in total. The summed E-state index contributed by atoms with van der Waals surface area (Å²) in [6, 6.07) is 18.3. The van der Waals surface area contributed by atoms with Crippen LogP contribution in [0.1, 0.15) is 5.56 Å². The summed E-state index contributed by atoms with van der Waals surface area (Å²) in [5.74, 6) is 1.51. The lowest BCUT2D eigenvalue weighted by Crippen LogP contribution is -2.29. The topological polar surface area (TPSA) is 12.5 Å². The van der Waals surface area contributed by atoms with E-state index in [0.717, 1.165) is 29.9 Å². The van der Waals surface area contributed by atoms with Crippen LogP contribution in [0.5, 0.6) is 5.75 Å². The summed E-state index contributed by atoms with van der Waals surface area (Å²) in [5, 5.41) is 0. The Bertz CT molecular complexity index is 535. The highest BCUT2D eigenvalue weighted by molar-refractivity contribution is 9.10. The van der Waals surface area contributed by atoms with Gasteiger partial charge in [-0.1, -0.05) is 52.3 Å². The molecule has 0 saturated heterocycles. The lowest BCUT2D eigenvalue weighted by atomic mass is 10.2. The van der Waals surface area contributed by atoms with Gasteiger partial charge in [0.15, 0.2) is 0 Å². The van der Waals surface area contributed by atoms with Crippen molar-refractivity contribution >= 4 is 27.5 Å². The molecule has 0 aliphatic heterocycles. The normalized spacial score (nSPS) is 10.8. The van der Waals surface area contributed by atoms with Crippen LogP contribution < -0.4 is 4.74 Å². The summed E-state index contributed by atoms with van der Waals surface area (Å²) in [6.07, 6.45) is 0. The zero-order chi connectivity index (χ0) is 14.9. The van der Waals surface area contributed by atoms with Crippen molar-refractivity contribution in [2.75, 3.05) is 25.6 Å². The van der Waals surface area contributed by atoms with Crippen molar-refractivity contribution in [3.05, 3.63) is 64.6 Å². The lowest BCUT2D eigenvalue weighted by Gasteiger charge is -2.21. The third-order valence-corrected chi connectivity index (χ3v) is 3.78. The molecule has 0 aliphatic rings. The van der Waals surface area contributed by atoms with Crippen molar-refractivity contribution in [3.8, 4) is 5.75 Å². The van der Waals surface area contributed by atoms with Crippen LogP contribution in [0.25, 0.3) is 0 Å². The van der Waals surface area contributed by atoms with E-state index in [4.69, 9.17) is 16.3 Å². The highest BCUT2D eigenvalue weighted by Gasteiger charge is 2.06. The second kappa shape index (κ2) is 9.08. The van der Waals surface area contributed by atoms with Gasteiger partial charge in [-0.25, -0.2) is 0 Å². The molecule has 0 heterocycles. The smallest absolute Gasteiger partial charge is 0.120 e. The summed E-state index contributed by atoms with van der Waals surface area (Å²) in [6.45, 7) is 3.27. The number of alkyl halides is 1. The molecule has 4 heteroatoms. The van der Waals surface area contributed by atoms with Gasteiger partial charge in [-0.2, -0.15) is 0 Å². The van der Waals surface area contributed by atoms with Crippen LogP contribution in [0.3, 0.4) is 0 Å². The van der Waals surface area contributed by atoms with Crippen molar-refractivity contribution in [2.45, 2.75) is 6.54 Å². The van der Waals surface area contributed by atoms with Crippen LogP contribution in [0.2, 0.25) is 0 Å². The van der Waals surface area contributed by atoms with E-state index >= 15 is 0 Å². The lowest BCUT2D eigenvalue weighted by molar-refractivity contribution is 0.211. The minimum Gasteiger partial charge on any atom is -0.492 e. The largest absolute Gasteiger partial charge is 0.492 e. The summed E-state index contributed by atoms with van der Waals surface area (Å²) in [5.41, 5.74) is 1.30. The quantitative estimate of drug-likeness (QED) is 0.633. The van der Waals surface area contributed by atoms with Crippen molar-refractivity contribution in [2.24, 2.45) is 0 Å². The van der Waals surface area contributed by atoms with Crippen LogP contribution in [0, 0.1) is 0 Å². The molecule has 0 spiro atoms. The first-order valence-electron chi connectivity index (χ1n) is 6.98. The van der Waals surface area contributed by atoms with Crippen LogP contribution in [0.15, 0.2) is 59.1 Å². The molecule has 0 aliphatic carbocycles. The van der Waals surface area contributed by atoms with Crippen LogP contribution in [-0.2, 0) is 6.54 Å². The summed E-state index contributed by atoms with van der Waals surface area (Å²) in [4.78, 5) is 2.31. The van der Waals surface area contributed by atoms with Gasteiger partial charge in [0.05, 0.1) is 0 Å². The first kappa shape index (κ1) is 16.3. The van der Waals surface area contributed by atoms with E-state index in [2.05, 4.69) is 45.1 Å². The van der Waals surface area contributed by atoms with E-state index in [1.165, 1.54) is 5.56 Å². The van der Waals surface area contributed by atoms with Gasteiger partial charge in [-0.3, -0.25) is 4.90 Å². The van der Waals surface area contributed by atoms with E-state index in [0.29, 0.717) is 12.5 Å². The van der Waals surface area contributed by atoms with Gasteiger partial charge in [0.25, 0.3) is 0 Å². The zero-order valence-electron chi connectivity index (χ0n) is 11.8. The van der Waals surface area contributed by atoms with Gasteiger partial charge < -0.3 is 4.74 Å². The third kappa shape index (κ3) is 6.08. The van der Waals surface area contributed by atoms with Crippen molar-refractivity contribution in [1.82, 2.24) is 4.90 Å². The molecular weight excluding hydrogens is 350 g/mol. The molecule has 0 atom stereocenters. The van der Waals surface area contributed by atoms with Gasteiger partial charge in [-0.15, -0.1) is 11.6 Å². The predicted molar refractivity (Wildman–Crippen MR) is 92.1 cm³/mol. The molecule has 0 saturated carbocycles. The second-order valence-electron chi connectivity index (χ2n) is 4.76. The van der Waals surface area contributed by atoms with Gasteiger partial charge in [0.2, 0.25) is 0 Å². The van der Waals surface area contributed by atoms with Crippen molar-refractivity contribution < 1.29 is 4.74 Å². The first-order valence-corrected chi connectivity index (χ1v) is 8.31. The summed E-state index contributed by atoms with van der Waals surface area (Å²) >= 11 is 9.33. The summed E-state index contributed by atoms with van der Waals surface area (Å²) in [7, 11) is 0. The van der Waals surface area contributed by atoms with Gasteiger partial charge in [-0.05, 0) is 23.8 Å². The first-order chi connectivity index (χ1) is 10.3. The molecule has 0 radical (unpaired) electrons. The van der Waals surface area contributed by atoms with Gasteiger partial charge >= 0.3 is 0 Å². The maximum absolute atomic E-state index is 5.89. The van der Waals surface area contributed by atoms with Crippen molar-refractivity contribution in [1.29, 1.82) is 0 Å². The third-order valence-electron chi connectivity index (χ3n) is 3.12. The fourth-order valence-electron chi connectivity index (χ4n) is 2.08. The van der Waals surface area contributed by atoms with Crippen molar-refractivity contribution in [3.63, 3.8) is 0 Å². The maximum Gasteiger partial charge on any atom is 0.120 e. The molecule has 0 aromatic heterocycles. The average molecular weight is 369 g/mol. The predicted octanol–water partition coefficient (Wildman–Crippen LogP) is 4.57. The minimum absolute atomic E-state index is 0.629. The zero-order valence-corrected chi connectivity index (χ0v) is 14.2. The van der Waals surface area contributed by atoms with E-state index in [1.54, 1.807) is 0 Å². The molecule has 112 valence electrons. The molecule has 0 fully saturated rings. The minimum atomic E-state index is 0.629. The molecular formula is C17H19BrClNO. The SMILES string of the molecule is ClCCN(CCOc1cccc(Br)c1)Cc1ccccc1. The Morgan fingerprint density at radius 3 is 2.52 bits per heavy atom. The Labute approximate surface area is 139 Å². The Morgan fingerprint density at radius 2 is 1.81 bits per heavy atom. The number of halogens is 2. The van der Waals surface area contributed by atoms with Gasteiger partial charge in [0.1, 0.15) is 12.4 Å². The number of hydrogen-bond donors (Lipinski definition) is 0. The summed E-state index contributed by atoms with van der Waals surface area (Å²) < 4.78 is 6.82. The number of rotatable bonds is 8. The molecule has 2 aromatic rings. The monoisotopic (exact) mass is 367 g/mol. The Balaban J connectivity index is 1.82. The molecule has 0 bridgehead atoms. The van der Waals surface area contributed by atoms with Gasteiger partial charge in [0, 0.05) is 30.0 Å². The number of hydrogen-bond acceptors (Lipinski definition) is 2. The van der Waals surface area contributed by atoms with E-state index in [-0.39, 0.29) is 0 Å². The molecule has 0 unspecified atom stereocenters.